The zero-order chi connectivity index (χ0) is 23.1. The zero-order valence-corrected chi connectivity index (χ0v) is 19.5. The van der Waals surface area contributed by atoms with Crippen LogP contribution in [0.5, 0.6) is 0 Å². The number of ketones is 1. The van der Waals surface area contributed by atoms with Gasteiger partial charge in [0, 0.05) is 40.5 Å². The van der Waals surface area contributed by atoms with Crippen LogP contribution in [0, 0.1) is 0 Å². The van der Waals surface area contributed by atoms with Crippen LogP contribution in [0.3, 0.4) is 0 Å². The molecule has 0 atom stereocenters. The first-order chi connectivity index (χ1) is 15.1. The van der Waals surface area contributed by atoms with Gasteiger partial charge >= 0.3 is 0 Å². The van der Waals surface area contributed by atoms with Crippen LogP contribution in [-0.4, -0.2) is 21.2 Å². The predicted octanol–water partition coefficient (Wildman–Crippen LogP) is 5.64. The molecule has 1 heterocycles. The summed E-state index contributed by atoms with van der Waals surface area (Å²) in [6.07, 6.45) is 1.59. The van der Waals surface area contributed by atoms with Crippen molar-refractivity contribution < 1.29 is 13.2 Å². The molecule has 0 aliphatic carbocycles. The van der Waals surface area contributed by atoms with Gasteiger partial charge in [0.2, 0.25) is 0 Å². The van der Waals surface area contributed by atoms with Crippen molar-refractivity contribution in [1.29, 1.82) is 0 Å². The summed E-state index contributed by atoms with van der Waals surface area (Å²) in [5.41, 5.74) is 3.35. The number of hydrogen-bond donors (Lipinski definition) is 1. The second kappa shape index (κ2) is 8.11. The Kier molecular flexibility index (Phi) is 5.61. The number of rotatable bonds is 5. The monoisotopic (exact) mass is 466 g/mol. The number of benzene rings is 3. The molecule has 0 aromatic heterocycles. The Labute approximate surface area is 193 Å². The fraction of sp³-hybridized carbons (Fsp3) is 0.160. The molecule has 1 aliphatic heterocycles. The molecule has 0 unspecified atom stereocenters. The number of carbonyl (C=O) groups is 1. The molecule has 0 amide bonds. The number of likely N-dealkylation sites (N-methyl/N-ethyl adjacent to an activating group) is 1. The maximum Gasteiger partial charge on any atom is 0.261 e. The predicted molar refractivity (Wildman–Crippen MR) is 129 cm³/mol. The Morgan fingerprint density at radius 3 is 2.44 bits per heavy atom. The first-order valence-electron chi connectivity index (χ1n) is 10.1. The average Bonchev–Trinajstić information content (AvgIpc) is 2.94. The first-order valence-corrected chi connectivity index (χ1v) is 11.9. The number of nitrogens with one attached hydrogen (secondary N) is 1. The number of para-hydroxylation sites is 1. The molecule has 3 aromatic rings. The second-order valence-electron chi connectivity index (χ2n) is 8.24. The largest absolute Gasteiger partial charge is 0.347 e. The number of fused-ring (bicyclic) bond motifs is 1. The molecule has 4 rings (SSSR count). The topological polar surface area (TPSA) is 66.5 Å². The molecular formula is C25H23ClN2O3S. The van der Waals surface area contributed by atoms with Crippen molar-refractivity contribution in [3.05, 3.63) is 101 Å². The molecule has 7 heteroatoms. The molecule has 3 aromatic carbocycles. The van der Waals surface area contributed by atoms with Gasteiger partial charge in [-0.3, -0.25) is 9.52 Å². The quantitative estimate of drug-likeness (QED) is 0.390. The maximum absolute atomic E-state index is 13.1. The summed E-state index contributed by atoms with van der Waals surface area (Å²) in [4.78, 5) is 15.1. The van der Waals surface area contributed by atoms with Crippen molar-refractivity contribution >= 4 is 38.8 Å². The maximum atomic E-state index is 13.1. The van der Waals surface area contributed by atoms with Crippen molar-refractivity contribution in [3.63, 3.8) is 0 Å². The minimum absolute atomic E-state index is 0.00375. The highest BCUT2D eigenvalue weighted by Gasteiger charge is 2.38. The van der Waals surface area contributed by atoms with E-state index in [1.807, 2.05) is 30.1 Å². The standard InChI is InChI=1S/C25H23ClN2O3S/c1-25(2)21-12-4-5-13-22(21)28(3)24(25)16-23(29)17-8-6-11-20(14-17)32(30,31)27-19-10-7-9-18(26)15-19/h4-16,27H,1-3H3. The number of anilines is 2. The molecule has 0 fully saturated rings. The summed E-state index contributed by atoms with van der Waals surface area (Å²) in [5.74, 6) is -0.257. The lowest BCUT2D eigenvalue weighted by atomic mass is 9.83. The number of allylic oxidation sites excluding steroid dienone is 2. The smallest absolute Gasteiger partial charge is 0.261 e. The van der Waals surface area contributed by atoms with Crippen LogP contribution < -0.4 is 9.62 Å². The van der Waals surface area contributed by atoms with Crippen LogP contribution in [0.15, 0.2) is 89.5 Å². The van der Waals surface area contributed by atoms with Gasteiger partial charge in [-0.05, 0) is 42.0 Å². The molecule has 0 radical (unpaired) electrons. The molecule has 0 spiro atoms. The van der Waals surface area contributed by atoms with E-state index in [9.17, 15) is 13.2 Å². The van der Waals surface area contributed by atoms with Crippen LogP contribution in [0.2, 0.25) is 5.02 Å². The van der Waals surface area contributed by atoms with E-state index in [0.29, 0.717) is 16.3 Å². The Hall–Kier alpha value is -3.09. The lowest BCUT2D eigenvalue weighted by Gasteiger charge is -2.24. The Bertz CT molecular complexity index is 1350. The molecule has 0 saturated heterocycles. The van der Waals surface area contributed by atoms with Gasteiger partial charge in [-0.2, -0.15) is 0 Å². The van der Waals surface area contributed by atoms with E-state index < -0.39 is 10.0 Å². The van der Waals surface area contributed by atoms with Crippen molar-refractivity contribution in [1.82, 2.24) is 0 Å². The van der Waals surface area contributed by atoms with Crippen LogP contribution in [-0.2, 0) is 15.4 Å². The number of nitrogens with zero attached hydrogens (tertiary/aromatic N) is 1. The minimum atomic E-state index is -3.88. The van der Waals surface area contributed by atoms with Gasteiger partial charge in [0.1, 0.15) is 0 Å². The number of hydrogen-bond acceptors (Lipinski definition) is 4. The summed E-state index contributed by atoms with van der Waals surface area (Å²) in [6.45, 7) is 4.15. The van der Waals surface area contributed by atoms with E-state index in [0.717, 1.165) is 16.9 Å². The summed E-state index contributed by atoms with van der Waals surface area (Å²) in [5, 5.41) is 0.421. The van der Waals surface area contributed by atoms with Gasteiger partial charge in [0.25, 0.3) is 10.0 Å². The lowest BCUT2D eigenvalue weighted by molar-refractivity contribution is 0.104. The van der Waals surface area contributed by atoms with E-state index >= 15 is 0 Å². The third-order valence-electron chi connectivity index (χ3n) is 5.71. The zero-order valence-electron chi connectivity index (χ0n) is 18.0. The third kappa shape index (κ3) is 4.04. The van der Waals surface area contributed by atoms with Crippen LogP contribution in [0.1, 0.15) is 29.8 Å². The summed E-state index contributed by atoms with van der Waals surface area (Å²) in [6, 6.07) is 20.5. The van der Waals surface area contributed by atoms with E-state index in [2.05, 4.69) is 24.6 Å². The van der Waals surface area contributed by atoms with E-state index in [1.165, 1.54) is 18.2 Å². The Morgan fingerprint density at radius 1 is 1.00 bits per heavy atom. The van der Waals surface area contributed by atoms with Crippen molar-refractivity contribution in [2.75, 3.05) is 16.7 Å². The third-order valence-corrected chi connectivity index (χ3v) is 7.33. The van der Waals surface area contributed by atoms with Gasteiger partial charge in [0.15, 0.2) is 5.78 Å². The molecule has 1 aliphatic rings. The van der Waals surface area contributed by atoms with Gasteiger partial charge in [-0.15, -0.1) is 0 Å². The Balaban J connectivity index is 1.65. The summed E-state index contributed by atoms with van der Waals surface area (Å²) < 4.78 is 28.2. The second-order valence-corrected chi connectivity index (χ2v) is 10.4. The average molecular weight is 467 g/mol. The van der Waals surface area contributed by atoms with Crippen LogP contribution >= 0.6 is 11.6 Å². The number of carbonyl (C=O) groups excluding carboxylic acids is 1. The van der Waals surface area contributed by atoms with E-state index in [4.69, 9.17) is 11.6 Å². The number of halogens is 1. The molecule has 1 N–H and O–H groups in total. The molecular weight excluding hydrogens is 444 g/mol. The highest BCUT2D eigenvalue weighted by atomic mass is 35.5. The molecule has 32 heavy (non-hydrogen) atoms. The Morgan fingerprint density at radius 2 is 1.72 bits per heavy atom. The van der Waals surface area contributed by atoms with Gasteiger partial charge in [-0.25, -0.2) is 8.42 Å². The minimum Gasteiger partial charge on any atom is -0.347 e. The van der Waals surface area contributed by atoms with Gasteiger partial charge in [-0.1, -0.05) is 61.8 Å². The van der Waals surface area contributed by atoms with Crippen LogP contribution in [0.25, 0.3) is 0 Å². The molecule has 164 valence electrons. The summed E-state index contributed by atoms with van der Waals surface area (Å²) in [7, 11) is -1.95. The van der Waals surface area contributed by atoms with Crippen LogP contribution in [0.4, 0.5) is 11.4 Å². The highest BCUT2D eigenvalue weighted by molar-refractivity contribution is 7.92. The molecule has 0 bridgehead atoms. The normalized spacial score (nSPS) is 16.1. The molecule has 5 nitrogen and oxygen atoms in total. The first kappa shape index (κ1) is 22.1. The summed E-state index contributed by atoms with van der Waals surface area (Å²) >= 11 is 5.95. The number of sulfonamides is 1. The van der Waals surface area contributed by atoms with Gasteiger partial charge < -0.3 is 4.90 Å². The van der Waals surface area contributed by atoms with Crippen molar-refractivity contribution in [3.8, 4) is 0 Å². The van der Waals surface area contributed by atoms with E-state index in [-0.39, 0.29) is 16.1 Å². The van der Waals surface area contributed by atoms with Crippen molar-refractivity contribution in [2.45, 2.75) is 24.2 Å². The SMILES string of the molecule is CN1C(=CC(=O)c2cccc(S(=O)(=O)Nc3cccc(Cl)c3)c2)C(C)(C)c2ccccc21. The fourth-order valence-corrected chi connectivity index (χ4v) is 5.33. The van der Waals surface area contributed by atoms with Gasteiger partial charge in [0.05, 0.1) is 10.6 Å². The fourth-order valence-electron chi connectivity index (χ4n) is 4.05. The van der Waals surface area contributed by atoms with E-state index in [1.54, 1.807) is 36.4 Å². The lowest BCUT2D eigenvalue weighted by Crippen LogP contribution is -2.24. The molecule has 0 saturated carbocycles. The van der Waals surface area contributed by atoms with Crippen molar-refractivity contribution in [2.24, 2.45) is 0 Å². The highest BCUT2D eigenvalue weighted by Crippen LogP contribution is 2.46.